The average molecular weight is 476 g/mol. The zero-order valence-corrected chi connectivity index (χ0v) is 20.4. The van der Waals surface area contributed by atoms with Crippen LogP contribution in [-0.4, -0.2) is 28.8 Å². The minimum Gasteiger partial charge on any atom is -0.480 e. The molecule has 3 aromatic carbocycles. The van der Waals surface area contributed by atoms with Crippen molar-refractivity contribution in [1.82, 2.24) is 0 Å². The first kappa shape index (κ1) is 23.7. The van der Waals surface area contributed by atoms with Crippen LogP contribution in [0.1, 0.15) is 20.8 Å². The number of ketones is 1. The Morgan fingerprint density at radius 3 is 1.59 bits per heavy atom. The van der Waals surface area contributed by atoms with E-state index in [1.54, 1.807) is 0 Å². The van der Waals surface area contributed by atoms with E-state index in [9.17, 15) is 14.7 Å². The minimum atomic E-state index is -2.44. The van der Waals surface area contributed by atoms with Gasteiger partial charge in [0, 0.05) is 13.8 Å². The number of rotatable bonds is 7. The Morgan fingerprint density at radius 1 is 0.824 bits per heavy atom. The van der Waals surface area contributed by atoms with Crippen LogP contribution >= 0.6 is 7.26 Å². The second-order valence-corrected chi connectivity index (χ2v) is 12.3. The van der Waals surface area contributed by atoms with Gasteiger partial charge in [0.15, 0.2) is 0 Å². The van der Waals surface area contributed by atoms with Gasteiger partial charge in [-0.1, -0.05) is 54.6 Å². The van der Waals surface area contributed by atoms with Crippen LogP contribution in [0, 0.1) is 5.92 Å². The van der Waals surface area contributed by atoms with Crippen LogP contribution in [0.4, 0.5) is 0 Å². The van der Waals surface area contributed by atoms with Crippen molar-refractivity contribution in [3.63, 3.8) is 0 Å². The zero-order valence-electron chi connectivity index (χ0n) is 19.5. The predicted octanol–water partition coefficient (Wildman–Crippen LogP) is 4.26. The lowest BCUT2D eigenvalue weighted by Gasteiger charge is -2.34. The van der Waals surface area contributed by atoms with Crippen LogP contribution < -0.4 is 15.9 Å². The standard InChI is InChI=1S/C28H27O5P/c1-20(29)24(25-26(30)32-28(2,3)33-27(25)31)19-34(21-13-7-4-8-14-21,22-15-9-5-10-16-22)23-17-11-6-12-18-23/h4-18,24H,19H2,1-3H3/p+1. The summed E-state index contributed by atoms with van der Waals surface area (Å²) in [6.45, 7) is 4.51. The molecule has 1 atom stereocenters. The van der Waals surface area contributed by atoms with Crippen LogP contribution in [0.5, 0.6) is 0 Å². The molecule has 0 fully saturated rings. The molecule has 1 aliphatic heterocycles. The number of carbonyl (C=O) groups is 2. The third-order valence-corrected chi connectivity index (χ3v) is 10.5. The zero-order chi connectivity index (χ0) is 24.3. The molecule has 1 N–H and O–H groups in total. The topological polar surface area (TPSA) is 72.8 Å². The molecular weight excluding hydrogens is 447 g/mol. The van der Waals surface area contributed by atoms with Gasteiger partial charge in [-0.05, 0) is 43.3 Å². The fourth-order valence-corrected chi connectivity index (χ4v) is 9.03. The van der Waals surface area contributed by atoms with Gasteiger partial charge in [-0.3, -0.25) is 4.79 Å². The molecule has 1 aliphatic rings. The Labute approximate surface area is 200 Å². The predicted molar refractivity (Wildman–Crippen MR) is 135 cm³/mol. The molecule has 0 aromatic heterocycles. The molecule has 0 radical (unpaired) electrons. The number of carbonyl (C=O) groups excluding carboxylic acids is 2. The molecular formula is C28H28O5P+. The molecule has 0 amide bonds. The Kier molecular flexibility index (Phi) is 6.58. The van der Waals surface area contributed by atoms with Crippen LogP contribution in [0.25, 0.3) is 0 Å². The van der Waals surface area contributed by atoms with Crippen LogP contribution in [0.2, 0.25) is 0 Å². The highest BCUT2D eigenvalue weighted by atomic mass is 31.2. The summed E-state index contributed by atoms with van der Waals surface area (Å²) < 4.78 is 10.9. The Bertz CT molecular complexity index is 1110. The minimum absolute atomic E-state index is 0.126. The fraction of sp³-hybridized carbons (Fsp3) is 0.214. The highest BCUT2D eigenvalue weighted by Crippen LogP contribution is 2.57. The van der Waals surface area contributed by atoms with E-state index in [-0.39, 0.29) is 11.4 Å². The molecule has 0 bridgehead atoms. The molecule has 1 heterocycles. The number of hydrogen-bond acceptors (Lipinski definition) is 5. The second-order valence-electron chi connectivity index (χ2n) is 8.77. The average Bonchev–Trinajstić information content (AvgIpc) is 2.82. The quantitative estimate of drug-likeness (QED) is 0.408. The van der Waals surface area contributed by atoms with Gasteiger partial charge >= 0.3 is 5.97 Å². The van der Waals surface area contributed by atoms with Crippen LogP contribution in [-0.2, 0) is 19.1 Å². The van der Waals surface area contributed by atoms with E-state index in [0.717, 1.165) is 15.9 Å². The third-order valence-electron chi connectivity index (χ3n) is 6.02. The summed E-state index contributed by atoms with van der Waals surface area (Å²) >= 11 is 0. The van der Waals surface area contributed by atoms with Crippen molar-refractivity contribution < 1.29 is 24.2 Å². The first-order chi connectivity index (χ1) is 16.2. The summed E-state index contributed by atoms with van der Waals surface area (Å²) in [5, 5.41) is 13.9. The number of aliphatic hydroxyl groups is 1. The number of aliphatic hydroxyl groups excluding tert-OH is 1. The third kappa shape index (κ3) is 4.49. The molecule has 3 aromatic rings. The van der Waals surface area contributed by atoms with Gasteiger partial charge in [-0.15, -0.1) is 0 Å². The van der Waals surface area contributed by atoms with Gasteiger partial charge in [0.1, 0.15) is 34.5 Å². The summed E-state index contributed by atoms with van der Waals surface area (Å²) in [5.41, 5.74) is -0.126. The number of Topliss-reactive ketones (excluding diaryl/α,β-unsaturated/α-hetero) is 1. The summed E-state index contributed by atoms with van der Waals surface area (Å²) in [5.74, 6) is -3.75. The van der Waals surface area contributed by atoms with Crippen LogP contribution in [0.3, 0.4) is 0 Å². The van der Waals surface area contributed by atoms with Gasteiger partial charge in [0.2, 0.25) is 0 Å². The van der Waals surface area contributed by atoms with Gasteiger partial charge < -0.3 is 14.6 Å². The van der Waals surface area contributed by atoms with Crippen molar-refractivity contribution in [2.75, 3.05) is 6.16 Å². The molecule has 0 saturated heterocycles. The van der Waals surface area contributed by atoms with Crippen molar-refractivity contribution in [2.45, 2.75) is 26.6 Å². The van der Waals surface area contributed by atoms with Gasteiger partial charge in [-0.25, -0.2) is 4.79 Å². The Hall–Kier alpha value is -3.43. The lowest BCUT2D eigenvalue weighted by molar-refractivity contribution is -0.223. The number of hydrogen-bond donors (Lipinski definition) is 1. The highest BCUT2D eigenvalue weighted by Gasteiger charge is 2.51. The van der Waals surface area contributed by atoms with Crippen LogP contribution in [0.15, 0.2) is 103 Å². The maximum atomic E-state index is 13.1. The largest absolute Gasteiger partial charge is 0.480 e. The first-order valence-electron chi connectivity index (χ1n) is 11.2. The molecule has 0 spiro atoms. The Morgan fingerprint density at radius 2 is 1.24 bits per heavy atom. The SMILES string of the molecule is CC(=O)C(C[P+](c1ccccc1)(c1ccccc1)c1ccccc1)C1=C(O)OC(C)(C)OC1=O. The number of benzene rings is 3. The second kappa shape index (κ2) is 9.44. The normalized spacial score (nSPS) is 16.4. The molecule has 1 unspecified atom stereocenters. The summed E-state index contributed by atoms with van der Waals surface area (Å²) in [4.78, 5) is 26.1. The Balaban J connectivity index is 1.97. The monoisotopic (exact) mass is 475 g/mol. The smallest absolute Gasteiger partial charge is 0.345 e. The van der Waals surface area contributed by atoms with Crippen molar-refractivity contribution >= 4 is 34.9 Å². The molecule has 34 heavy (non-hydrogen) atoms. The molecule has 5 nitrogen and oxygen atoms in total. The van der Waals surface area contributed by atoms with Crippen molar-refractivity contribution in [2.24, 2.45) is 5.92 Å². The van der Waals surface area contributed by atoms with E-state index in [1.165, 1.54) is 20.8 Å². The fourth-order valence-electron chi connectivity index (χ4n) is 4.47. The number of esters is 1. The van der Waals surface area contributed by atoms with E-state index in [4.69, 9.17) is 9.47 Å². The van der Waals surface area contributed by atoms with E-state index in [0.29, 0.717) is 6.16 Å². The number of cyclic esters (lactones) is 1. The van der Waals surface area contributed by atoms with Crippen molar-refractivity contribution in [3.05, 3.63) is 103 Å². The summed E-state index contributed by atoms with van der Waals surface area (Å²) in [6.07, 6.45) is 0.304. The first-order valence-corrected chi connectivity index (χ1v) is 13.1. The summed E-state index contributed by atoms with van der Waals surface area (Å²) in [6, 6.07) is 30.2. The van der Waals surface area contributed by atoms with E-state index in [2.05, 4.69) is 36.4 Å². The molecule has 0 aliphatic carbocycles. The lowest BCUT2D eigenvalue weighted by atomic mass is 9.97. The lowest BCUT2D eigenvalue weighted by Crippen LogP contribution is -2.43. The summed E-state index contributed by atoms with van der Waals surface area (Å²) in [7, 11) is -2.44. The maximum absolute atomic E-state index is 13.1. The van der Waals surface area contributed by atoms with E-state index >= 15 is 0 Å². The van der Waals surface area contributed by atoms with Gasteiger partial charge in [-0.2, -0.15) is 0 Å². The highest BCUT2D eigenvalue weighted by molar-refractivity contribution is 7.95. The van der Waals surface area contributed by atoms with E-state index < -0.39 is 30.9 Å². The van der Waals surface area contributed by atoms with Gasteiger partial charge in [0.05, 0.1) is 12.1 Å². The van der Waals surface area contributed by atoms with Crippen molar-refractivity contribution in [3.8, 4) is 0 Å². The van der Waals surface area contributed by atoms with E-state index in [1.807, 2.05) is 54.6 Å². The number of ether oxygens (including phenoxy) is 2. The van der Waals surface area contributed by atoms with Crippen molar-refractivity contribution in [1.29, 1.82) is 0 Å². The molecule has 4 rings (SSSR count). The van der Waals surface area contributed by atoms with Gasteiger partial charge in [0.25, 0.3) is 11.7 Å². The molecule has 0 saturated carbocycles. The molecule has 6 heteroatoms. The maximum Gasteiger partial charge on any atom is 0.345 e. The molecule has 174 valence electrons.